The zero-order chi connectivity index (χ0) is 14.4. The van der Waals surface area contributed by atoms with E-state index in [9.17, 15) is 0 Å². The maximum Gasteiger partial charge on any atom is 0.146 e. The van der Waals surface area contributed by atoms with Gasteiger partial charge in [0.25, 0.3) is 0 Å². The number of aromatic nitrogens is 1. The Morgan fingerprint density at radius 1 is 1.30 bits per heavy atom. The molecule has 0 aliphatic rings. The van der Waals surface area contributed by atoms with Crippen LogP contribution >= 0.6 is 0 Å². The number of nitrogens with one attached hydrogen (secondary N) is 1. The van der Waals surface area contributed by atoms with E-state index >= 15 is 0 Å². The lowest BCUT2D eigenvalue weighted by Crippen LogP contribution is -2.10. The van der Waals surface area contributed by atoms with E-state index in [0.29, 0.717) is 6.61 Å². The zero-order valence-corrected chi connectivity index (χ0v) is 12.4. The van der Waals surface area contributed by atoms with Crippen molar-refractivity contribution in [3.05, 3.63) is 47.2 Å². The molecule has 1 N–H and O–H groups in total. The lowest BCUT2D eigenvalue weighted by molar-refractivity contribution is 0.266. The van der Waals surface area contributed by atoms with Gasteiger partial charge in [-0.3, -0.25) is 4.98 Å². The molecule has 0 spiro atoms. The van der Waals surface area contributed by atoms with Crippen LogP contribution in [-0.2, 0) is 19.6 Å². The molecule has 2 heterocycles. The highest BCUT2D eigenvalue weighted by Gasteiger charge is 2.07. The average Bonchev–Trinajstić information content (AvgIpc) is 2.91. The number of pyridine rings is 1. The Morgan fingerprint density at radius 2 is 2.15 bits per heavy atom. The smallest absolute Gasteiger partial charge is 0.146 e. The number of hydrogen-bond acceptors (Lipinski definition) is 4. The largest absolute Gasteiger partial charge is 0.484 e. The number of aryl methyl sites for hydroxylation is 2. The van der Waals surface area contributed by atoms with Gasteiger partial charge in [0.15, 0.2) is 0 Å². The normalized spacial score (nSPS) is 10.8. The fourth-order valence-corrected chi connectivity index (χ4v) is 2.00. The van der Waals surface area contributed by atoms with Crippen LogP contribution in [0.2, 0.25) is 0 Å². The molecule has 0 radical (unpaired) electrons. The Balaban J connectivity index is 1.96. The van der Waals surface area contributed by atoms with Crippen LogP contribution in [0.4, 0.5) is 0 Å². The van der Waals surface area contributed by atoms with Crippen molar-refractivity contribution in [3.63, 3.8) is 0 Å². The van der Waals surface area contributed by atoms with Crippen LogP contribution in [-0.4, -0.2) is 11.5 Å². The zero-order valence-electron chi connectivity index (χ0n) is 12.4. The van der Waals surface area contributed by atoms with Crippen LogP contribution in [0.5, 0.6) is 5.75 Å². The second kappa shape index (κ2) is 7.10. The van der Waals surface area contributed by atoms with E-state index in [-0.39, 0.29) is 0 Å². The molecule has 2 aromatic rings. The summed E-state index contributed by atoms with van der Waals surface area (Å²) in [5.41, 5.74) is 3.15. The van der Waals surface area contributed by atoms with E-state index in [2.05, 4.69) is 24.1 Å². The summed E-state index contributed by atoms with van der Waals surface area (Å²) in [7, 11) is 0. The van der Waals surface area contributed by atoms with Crippen LogP contribution in [0.25, 0.3) is 0 Å². The minimum absolute atomic E-state index is 0.434. The molecule has 0 aliphatic heterocycles. The quantitative estimate of drug-likeness (QED) is 0.842. The predicted molar refractivity (Wildman–Crippen MR) is 78.8 cm³/mol. The highest BCUT2D eigenvalue weighted by molar-refractivity contribution is 5.29. The Morgan fingerprint density at radius 3 is 2.90 bits per heavy atom. The lowest BCUT2D eigenvalue weighted by Gasteiger charge is -2.09. The third-order valence-electron chi connectivity index (χ3n) is 3.06. The third-order valence-corrected chi connectivity index (χ3v) is 3.06. The first-order valence-electron chi connectivity index (χ1n) is 7.09. The highest BCUT2D eigenvalue weighted by atomic mass is 16.5. The Bertz CT molecular complexity index is 549. The minimum Gasteiger partial charge on any atom is -0.484 e. The van der Waals surface area contributed by atoms with Crippen molar-refractivity contribution in [2.24, 2.45) is 0 Å². The second-order valence-corrected chi connectivity index (χ2v) is 4.74. The number of rotatable bonds is 7. The molecule has 0 aliphatic carbocycles. The summed E-state index contributed by atoms with van der Waals surface area (Å²) in [5, 5.41) is 3.27. The molecule has 2 aromatic heterocycles. The Hall–Kier alpha value is -1.81. The van der Waals surface area contributed by atoms with Crippen molar-refractivity contribution in [2.45, 2.75) is 40.3 Å². The van der Waals surface area contributed by atoms with Crippen LogP contribution in [0, 0.1) is 6.92 Å². The van der Waals surface area contributed by atoms with Crippen molar-refractivity contribution in [1.29, 1.82) is 0 Å². The molecule has 0 fully saturated rings. The molecular formula is C16H22N2O2. The van der Waals surface area contributed by atoms with Crippen molar-refractivity contribution in [1.82, 2.24) is 10.3 Å². The van der Waals surface area contributed by atoms with Crippen molar-refractivity contribution in [2.75, 3.05) is 6.54 Å². The molecule has 0 aromatic carbocycles. The van der Waals surface area contributed by atoms with Crippen LogP contribution < -0.4 is 10.1 Å². The molecule has 0 unspecified atom stereocenters. The number of nitrogens with zero attached hydrogens (tertiary/aromatic N) is 1. The predicted octanol–water partition coefficient (Wildman–Crippen LogP) is 3.23. The van der Waals surface area contributed by atoms with Crippen LogP contribution in [0.15, 0.2) is 28.9 Å². The Labute approximate surface area is 120 Å². The van der Waals surface area contributed by atoms with Gasteiger partial charge in [0.05, 0.1) is 12.0 Å². The summed E-state index contributed by atoms with van der Waals surface area (Å²) in [4.78, 5) is 4.48. The van der Waals surface area contributed by atoms with Crippen molar-refractivity contribution in [3.8, 4) is 5.75 Å². The summed E-state index contributed by atoms with van der Waals surface area (Å²) in [5.74, 6) is 1.67. The molecule has 4 heteroatoms. The van der Waals surface area contributed by atoms with Gasteiger partial charge in [-0.2, -0.15) is 0 Å². The molecule has 108 valence electrons. The van der Waals surface area contributed by atoms with E-state index in [1.54, 1.807) is 6.26 Å². The Kier molecular flexibility index (Phi) is 5.18. The monoisotopic (exact) mass is 274 g/mol. The van der Waals surface area contributed by atoms with Crippen molar-refractivity contribution < 1.29 is 9.15 Å². The maximum absolute atomic E-state index is 5.81. The molecule has 0 saturated carbocycles. The summed E-state index contributed by atoms with van der Waals surface area (Å²) in [6.07, 6.45) is 2.64. The molecule has 0 amide bonds. The van der Waals surface area contributed by atoms with Gasteiger partial charge in [-0.25, -0.2) is 0 Å². The fourth-order valence-electron chi connectivity index (χ4n) is 2.00. The third kappa shape index (κ3) is 3.84. The van der Waals surface area contributed by atoms with Gasteiger partial charge in [-0.05, 0) is 38.1 Å². The summed E-state index contributed by atoms with van der Waals surface area (Å²) in [6, 6.07) is 5.97. The first kappa shape index (κ1) is 14.6. The molecule has 2 rings (SSSR count). The molecule has 0 atom stereocenters. The molecule has 20 heavy (non-hydrogen) atoms. The highest BCUT2D eigenvalue weighted by Crippen LogP contribution is 2.19. The molecule has 4 nitrogen and oxygen atoms in total. The van der Waals surface area contributed by atoms with Gasteiger partial charge in [-0.15, -0.1) is 0 Å². The number of hydrogen-bond donors (Lipinski definition) is 1. The molecule has 0 saturated heterocycles. The summed E-state index contributed by atoms with van der Waals surface area (Å²) < 4.78 is 11.3. The van der Waals surface area contributed by atoms with Gasteiger partial charge in [-0.1, -0.05) is 13.8 Å². The van der Waals surface area contributed by atoms with Gasteiger partial charge >= 0.3 is 0 Å². The average molecular weight is 274 g/mol. The maximum atomic E-state index is 5.81. The van der Waals surface area contributed by atoms with E-state index in [0.717, 1.165) is 48.0 Å². The summed E-state index contributed by atoms with van der Waals surface area (Å²) >= 11 is 0. The molecular weight excluding hydrogens is 252 g/mol. The van der Waals surface area contributed by atoms with E-state index < -0.39 is 0 Å². The van der Waals surface area contributed by atoms with Crippen LogP contribution in [0.1, 0.15) is 36.6 Å². The first-order chi connectivity index (χ1) is 9.72. The van der Waals surface area contributed by atoms with E-state index in [1.807, 2.05) is 25.1 Å². The second-order valence-electron chi connectivity index (χ2n) is 4.74. The standard InChI is InChI=1S/C16H22N2O2/c1-4-15-16(7-6-12(3)18-15)20-11-14-8-13(10-19-14)9-17-5-2/h6-8,10,17H,4-5,9,11H2,1-3H3. The topological polar surface area (TPSA) is 47.3 Å². The van der Waals surface area contributed by atoms with Gasteiger partial charge < -0.3 is 14.5 Å². The van der Waals surface area contributed by atoms with Crippen molar-refractivity contribution >= 4 is 0 Å². The van der Waals surface area contributed by atoms with Crippen LogP contribution in [0.3, 0.4) is 0 Å². The number of ether oxygens (including phenoxy) is 1. The van der Waals surface area contributed by atoms with E-state index in [1.165, 1.54) is 0 Å². The first-order valence-corrected chi connectivity index (χ1v) is 7.09. The SMILES string of the molecule is CCNCc1coc(COc2ccc(C)nc2CC)c1. The summed E-state index contributed by atoms with van der Waals surface area (Å²) in [6.45, 7) is 8.36. The number of furan rings is 1. The van der Waals surface area contributed by atoms with Gasteiger partial charge in [0, 0.05) is 17.8 Å². The minimum atomic E-state index is 0.434. The lowest BCUT2D eigenvalue weighted by atomic mass is 10.2. The van der Waals surface area contributed by atoms with Gasteiger partial charge in [0.2, 0.25) is 0 Å². The molecule has 0 bridgehead atoms. The van der Waals surface area contributed by atoms with E-state index in [4.69, 9.17) is 9.15 Å². The van der Waals surface area contributed by atoms with Gasteiger partial charge in [0.1, 0.15) is 18.1 Å². The fraction of sp³-hybridized carbons (Fsp3) is 0.438.